The van der Waals surface area contributed by atoms with Gasteiger partial charge in [-0.3, -0.25) is 4.79 Å². The van der Waals surface area contributed by atoms with E-state index in [1.54, 1.807) is 0 Å². The van der Waals surface area contributed by atoms with Gasteiger partial charge in [0.05, 0.1) is 12.2 Å². The van der Waals surface area contributed by atoms with E-state index in [0.29, 0.717) is 36.2 Å². The van der Waals surface area contributed by atoms with E-state index in [9.17, 15) is 9.59 Å². The third kappa shape index (κ3) is 7.09. The van der Waals surface area contributed by atoms with Gasteiger partial charge < -0.3 is 9.47 Å². The number of hydrogen-bond donors (Lipinski definition) is 0. The van der Waals surface area contributed by atoms with Crippen LogP contribution >= 0.6 is 0 Å². The Labute approximate surface area is 195 Å². The fourth-order valence-electron chi connectivity index (χ4n) is 6.67. The van der Waals surface area contributed by atoms with Crippen molar-refractivity contribution in [3.05, 3.63) is 11.3 Å². The van der Waals surface area contributed by atoms with E-state index in [2.05, 4.69) is 13.8 Å². The van der Waals surface area contributed by atoms with Crippen LogP contribution in [0.15, 0.2) is 11.3 Å². The van der Waals surface area contributed by atoms with Crippen LogP contribution in [0, 0.1) is 29.6 Å². The van der Waals surface area contributed by atoms with Crippen molar-refractivity contribution >= 4 is 11.9 Å². The van der Waals surface area contributed by atoms with Gasteiger partial charge in [-0.05, 0) is 87.4 Å². The third-order valence-electron chi connectivity index (χ3n) is 8.53. The molecule has 0 aliphatic heterocycles. The second kappa shape index (κ2) is 12.8. The molecule has 1 unspecified atom stereocenters. The van der Waals surface area contributed by atoms with Crippen molar-refractivity contribution in [3.63, 3.8) is 0 Å². The fraction of sp³-hybridized carbons (Fsp3) is 0.857. The summed E-state index contributed by atoms with van der Waals surface area (Å²) in [5.41, 5.74) is 0.602. The van der Waals surface area contributed by atoms with Gasteiger partial charge in [-0.15, -0.1) is 0 Å². The summed E-state index contributed by atoms with van der Waals surface area (Å²) < 4.78 is 11.0. The van der Waals surface area contributed by atoms with Gasteiger partial charge in [0.25, 0.3) is 0 Å². The molecular weight excluding hydrogens is 400 g/mol. The maximum Gasteiger partial charge on any atom is 0.337 e. The third-order valence-corrected chi connectivity index (χ3v) is 8.53. The number of rotatable bonds is 9. The van der Waals surface area contributed by atoms with Crippen molar-refractivity contribution in [2.45, 2.75) is 117 Å². The Bertz CT molecular complexity index is 636. The number of carbonyl (C=O) groups excluding carboxylic acids is 2. The van der Waals surface area contributed by atoms with E-state index in [1.807, 2.05) is 0 Å². The molecule has 2 saturated carbocycles. The highest BCUT2D eigenvalue weighted by Gasteiger charge is 2.36. The lowest BCUT2D eigenvalue weighted by atomic mass is 9.65. The van der Waals surface area contributed by atoms with Gasteiger partial charge in [-0.2, -0.15) is 0 Å². The molecule has 0 bridgehead atoms. The number of esters is 2. The van der Waals surface area contributed by atoms with Gasteiger partial charge >= 0.3 is 11.9 Å². The molecule has 3 aliphatic rings. The maximum absolute atomic E-state index is 12.6. The number of allylic oxidation sites excluding steroid dienone is 1. The molecule has 0 aromatic heterocycles. The van der Waals surface area contributed by atoms with Gasteiger partial charge in [0.2, 0.25) is 0 Å². The molecule has 0 saturated heterocycles. The van der Waals surface area contributed by atoms with Crippen LogP contribution in [0.1, 0.15) is 117 Å². The van der Waals surface area contributed by atoms with E-state index in [-0.39, 0.29) is 11.9 Å². The summed E-state index contributed by atoms with van der Waals surface area (Å²) in [4.78, 5) is 24.3. The summed E-state index contributed by atoms with van der Waals surface area (Å²) in [7, 11) is 0. The first-order valence-corrected chi connectivity index (χ1v) is 13.6. The molecule has 32 heavy (non-hydrogen) atoms. The predicted octanol–water partition coefficient (Wildman–Crippen LogP) is 7.36. The molecule has 0 aromatic rings. The predicted molar refractivity (Wildman–Crippen MR) is 128 cm³/mol. The minimum atomic E-state index is -0.332. The average molecular weight is 447 g/mol. The number of carbonyl (C=O) groups is 2. The van der Waals surface area contributed by atoms with Crippen LogP contribution in [0.25, 0.3) is 0 Å². The van der Waals surface area contributed by atoms with Crippen molar-refractivity contribution in [3.8, 4) is 0 Å². The number of unbranched alkanes of at least 4 members (excludes halogenated alkanes) is 1. The lowest BCUT2D eigenvalue weighted by Crippen LogP contribution is -2.30. The molecule has 0 heterocycles. The van der Waals surface area contributed by atoms with Crippen LogP contribution < -0.4 is 0 Å². The van der Waals surface area contributed by atoms with E-state index >= 15 is 0 Å². The van der Waals surface area contributed by atoms with Crippen molar-refractivity contribution in [1.82, 2.24) is 0 Å². The molecule has 0 aromatic carbocycles. The highest BCUT2D eigenvalue weighted by atomic mass is 16.5. The minimum absolute atomic E-state index is 0.282. The Balaban J connectivity index is 1.51. The Hall–Kier alpha value is -1.32. The van der Waals surface area contributed by atoms with Crippen LogP contribution in [-0.4, -0.2) is 18.5 Å². The van der Waals surface area contributed by atoms with Crippen molar-refractivity contribution in [2.75, 3.05) is 6.61 Å². The number of ether oxygens (including phenoxy) is 2. The van der Waals surface area contributed by atoms with Crippen LogP contribution in [0.2, 0.25) is 0 Å². The van der Waals surface area contributed by atoms with Gasteiger partial charge in [0.15, 0.2) is 0 Å². The lowest BCUT2D eigenvalue weighted by molar-refractivity contribution is -0.141. The fourth-order valence-corrected chi connectivity index (χ4v) is 6.67. The summed E-state index contributed by atoms with van der Waals surface area (Å²) >= 11 is 0. The summed E-state index contributed by atoms with van der Waals surface area (Å²) in [6.07, 6.45) is 18.2. The summed E-state index contributed by atoms with van der Waals surface area (Å²) in [5.74, 6) is 4.07. The topological polar surface area (TPSA) is 52.6 Å². The van der Waals surface area contributed by atoms with Gasteiger partial charge in [-0.1, -0.05) is 46.0 Å². The zero-order valence-corrected chi connectivity index (χ0v) is 20.8. The molecule has 1 atom stereocenters. The van der Waals surface area contributed by atoms with Crippen molar-refractivity contribution in [1.29, 1.82) is 0 Å². The van der Waals surface area contributed by atoms with Crippen molar-refractivity contribution in [2.24, 2.45) is 29.6 Å². The number of hydrogen-bond acceptors (Lipinski definition) is 4. The second-order valence-electron chi connectivity index (χ2n) is 10.7. The molecule has 3 rings (SSSR count). The molecule has 0 N–H and O–H groups in total. The summed E-state index contributed by atoms with van der Waals surface area (Å²) in [5, 5.41) is 0. The molecule has 4 heteroatoms. The molecule has 4 nitrogen and oxygen atoms in total. The maximum atomic E-state index is 12.6. The Morgan fingerprint density at radius 3 is 1.97 bits per heavy atom. The first-order chi connectivity index (χ1) is 15.5. The second-order valence-corrected chi connectivity index (χ2v) is 10.7. The first kappa shape index (κ1) is 25.3. The van der Waals surface area contributed by atoms with Crippen LogP contribution in [0.5, 0.6) is 0 Å². The Morgan fingerprint density at radius 1 is 0.812 bits per heavy atom. The Kier molecular flexibility index (Phi) is 10.1. The normalized spacial score (nSPS) is 31.3. The van der Waals surface area contributed by atoms with Gasteiger partial charge in [-0.25, -0.2) is 4.79 Å². The molecule has 182 valence electrons. The van der Waals surface area contributed by atoms with Crippen molar-refractivity contribution < 1.29 is 19.1 Å². The highest BCUT2D eigenvalue weighted by Crippen LogP contribution is 2.46. The molecule has 0 amide bonds. The summed E-state index contributed by atoms with van der Waals surface area (Å²) in [6.45, 7) is 6.27. The quantitative estimate of drug-likeness (QED) is 0.274. The van der Waals surface area contributed by atoms with Gasteiger partial charge in [0, 0.05) is 13.3 Å². The highest BCUT2D eigenvalue weighted by molar-refractivity contribution is 5.89. The van der Waals surface area contributed by atoms with Crippen LogP contribution in [0.3, 0.4) is 0 Å². The monoisotopic (exact) mass is 446 g/mol. The summed E-state index contributed by atoms with van der Waals surface area (Å²) in [6, 6.07) is 0. The Morgan fingerprint density at radius 2 is 1.41 bits per heavy atom. The minimum Gasteiger partial charge on any atom is -0.462 e. The average Bonchev–Trinajstić information content (AvgIpc) is 2.79. The molecule has 0 radical (unpaired) electrons. The van der Waals surface area contributed by atoms with E-state index in [4.69, 9.17) is 9.47 Å². The first-order valence-electron chi connectivity index (χ1n) is 13.6. The molecule has 3 aliphatic carbocycles. The van der Waals surface area contributed by atoms with Gasteiger partial charge in [0.1, 0.15) is 5.76 Å². The largest absolute Gasteiger partial charge is 0.462 e. The van der Waals surface area contributed by atoms with E-state index in [0.717, 1.165) is 43.4 Å². The standard InChI is InChI=1S/C28H46O4/c1-4-6-18-31-28(30)26-17-16-25(19-27(26)32-20(3)29)24-14-12-23(13-15-24)22-10-8-21(7-5-2)9-11-22/h21-25H,4-19H2,1-3H3. The van der Waals surface area contributed by atoms with Crippen LogP contribution in [0.4, 0.5) is 0 Å². The molecular formula is C28H46O4. The molecule has 0 spiro atoms. The lowest BCUT2D eigenvalue weighted by Gasteiger charge is -2.40. The smallest absolute Gasteiger partial charge is 0.337 e. The zero-order valence-electron chi connectivity index (χ0n) is 20.8. The molecule has 2 fully saturated rings. The zero-order chi connectivity index (χ0) is 22.9. The SMILES string of the molecule is CCCCOC(=O)C1=C(OC(C)=O)CC(C2CCC(C3CCC(CCC)CC3)CC2)CC1. The van der Waals surface area contributed by atoms with E-state index in [1.165, 1.54) is 71.1 Å². The van der Waals surface area contributed by atoms with Crippen LogP contribution in [-0.2, 0) is 19.1 Å². The van der Waals surface area contributed by atoms with E-state index < -0.39 is 0 Å².